The lowest BCUT2D eigenvalue weighted by Crippen LogP contribution is -2.39. The number of amidine groups is 1. The Balaban J connectivity index is 1.84. The Labute approximate surface area is 138 Å². The summed E-state index contributed by atoms with van der Waals surface area (Å²) in [4.78, 5) is 4.16. The number of hydrogen-bond acceptors (Lipinski definition) is 7. The number of aliphatic hydroxyl groups excluding tert-OH is 1. The molecule has 1 aromatic heterocycles. The maximum absolute atomic E-state index is 13.2. The standard InChI is InChI=1S/C13H13BrFN5O3/c14-9-5-6(1-2-10(9)15)16-12(18-22)11-13(20-23-19-11)17-7-3-8(21)4-7/h1-2,5,7-8,21-22H,3-4H2,(H,16,18)(H,17,20). The summed E-state index contributed by atoms with van der Waals surface area (Å²) in [6.45, 7) is 0. The van der Waals surface area contributed by atoms with Gasteiger partial charge in [-0.2, -0.15) is 0 Å². The van der Waals surface area contributed by atoms with E-state index >= 15 is 0 Å². The van der Waals surface area contributed by atoms with Crippen LogP contribution in [0.5, 0.6) is 0 Å². The number of hydroxylamine groups is 1. The van der Waals surface area contributed by atoms with Crippen molar-refractivity contribution in [3.8, 4) is 0 Å². The van der Waals surface area contributed by atoms with E-state index in [1.807, 2.05) is 5.48 Å². The second-order valence-electron chi connectivity index (χ2n) is 5.10. The molecule has 4 N–H and O–H groups in total. The molecule has 1 aliphatic carbocycles. The zero-order valence-corrected chi connectivity index (χ0v) is 13.3. The average molecular weight is 386 g/mol. The lowest BCUT2D eigenvalue weighted by Gasteiger charge is -2.31. The van der Waals surface area contributed by atoms with Crippen LogP contribution in [0.4, 0.5) is 15.9 Å². The number of rotatable bonds is 4. The Bertz CT molecular complexity index is 732. The molecule has 1 fully saturated rings. The third-order valence-electron chi connectivity index (χ3n) is 3.42. The van der Waals surface area contributed by atoms with Crippen LogP contribution in [0.15, 0.2) is 32.3 Å². The van der Waals surface area contributed by atoms with E-state index in [1.54, 1.807) is 0 Å². The molecule has 0 spiro atoms. The van der Waals surface area contributed by atoms with Crippen molar-refractivity contribution in [2.75, 3.05) is 5.32 Å². The van der Waals surface area contributed by atoms with Gasteiger partial charge in [-0.1, -0.05) is 0 Å². The first kappa shape index (κ1) is 15.8. The molecule has 1 aliphatic rings. The lowest BCUT2D eigenvalue weighted by atomic mass is 9.89. The van der Waals surface area contributed by atoms with Gasteiger partial charge in [-0.15, -0.1) is 0 Å². The highest BCUT2D eigenvalue weighted by Gasteiger charge is 2.29. The van der Waals surface area contributed by atoms with E-state index < -0.39 is 5.82 Å². The maximum Gasteiger partial charge on any atom is 0.202 e. The van der Waals surface area contributed by atoms with Crippen LogP contribution < -0.4 is 10.8 Å². The van der Waals surface area contributed by atoms with Crippen LogP contribution in [-0.4, -0.2) is 38.6 Å². The molecule has 10 heteroatoms. The first-order valence-electron chi connectivity index (χ1n) is 6.78. The van der Waals surface area contributed by atoms with Gasteiger partial charge in [0.05, 0.1) is 16.3 Å². The third-order valence-corrected chi connectivity index (χ3v) is 4.02. The van der Waals surface area contributed by atoms with Gasteiger partial charge in [0.1, 0.15) is 5.82 Å². The molecule has 1 saturated carbocycles. The van der Waals surface area contributed by atoms with E-state index in [2.05, 4.69) is 41.2 Å². The van der Waals surface area contributed by atoms with Crippen LogP contribution in [0.25, 0.3) is 0 Å². The fourth-order valence-electron chi connectivity index (χ4n) is 2.15. The van der Waals surface area contributed by atoms with Crippen molar-refractivity contribution >= 4 is 33.3 Å². The second-order valence-corrected chi connectivity index (χ2v) is 5.95. The number of hydrogen-bond donors (Lipinski definition) is 4. The predicted octanol–water partition coefficient (Wildman–Crippen LogP) is 1.96. The lowest BCUT2D eigenvalue weighted by molar-refractivity contribution is 0.0834. The van der Waals surface area contributed by atoms with Gasteiger partial charge in [0.15, 0.2) is 11.5 Å². The molecule has 0 unspecified atom stereocenters. The molecule has 1 aromatic carbocycles. The van der Waals surface area contributed by atoms with Crippen molar-refractivity contribution in [2.45, 2.75) is 25.0 Å². The van der Waals surface area contributed by atoms with Crippen molar-refractivity contribution in [3.63, 3.8) is 0 Å². The molecule has 2 aromatic rings. The Morgan fingerprint density at radius 1 is 1.39 bits per heavy atom. The average Bonchev–Trinajstić information content (AvgIpc) is 2.95. The number of benzene rings is 1. The van der Waals surface area contributed by atoms with Crippen molar-refractivity contribution in [3.05, 3.63) is 34.2 Å². The first-order valence-corrected chi connectivity index (χ1v) is 7.57. The van der Waals surface area contributed by atoms with Crippen LogP contribution in [-0.2, 0) is 0 Å². The summed E-state index contributed by atoms with van der Waals surface area (Å²) < 4.78 is 18.2. The molecule has 0 bridgehead atoms. The predicted molar refractivity (Wildman–Crippen MR) is 82.2 cm³/mol. The Hall–Kier alpha value is -2.04. The Morgan fingerprint density at radius 3 is 2.83 bits per heavy atom. The summed E-state index contributed by atoms with van der Waals surface area (Å²) >= 11 is 3.07. The van der Waals surface area contributed by atoms with E-state index in [1.165, 1.54) is 18.2 Å². The van der Waals surface area contributed by atoms with Crippen molar-refractivity contribution in [1.82, 2.24) is 15.8 Å². The molecule has 0 aliphatic heterocycles. The number of nitrogens with zero attached hydrogens (tertiary/aromatic N) is 3. The summed E-state index contributed by atoms with van der Waals surface area (Å²) in [5.74, 6) is -0.132. The zero-order chi connectivity index (χ0) is 16.4. The normalized spacial score (nSPS) is 21.0. The highest BCUT2D eigenvalue weighted by Crippen LogP contribution is 2.26. The zero-order valence-electron chi connectivity index (χ0n) is 11.7. The first-order chi connectivity index (χ1) is 11.1. The quantitative estimate of drug-likeness (QED) is 0.361. The molecule has 0 saturated heterocycles. The van der Waals surface area contributed by atoms with Gasteiger partial charge in [0, 0.05) is 6.04 Å². The molecular weight excluding hydrogens is 373 g/mol. The molecule has 122 valence electrons. The van der Waals surface area contributed by atoms with Gasteiger partial charge in [0.2, 0.25) is 5.82 Å². The summed E-state index contributed by atoms with van der Waals surface area (Å²) in [5, 5.41) is 29.1. The highest BCUT2D eigenvalue weighted by molar-refractivity contribution is 9.10. The van der Waals surface area contributed by atoms with Crippen LogP contribution in [0.3, 0.4) is 0 Å². The van der Waals surface area contributed by atoms with E-state index in [0.717, 1.165) is 0 Å². The summed E-state index contributed by atoms with van der Waals surface area (Å²) in [6.07, 6.45) is 0.864. The monoisotopic (exact) mass is 385 g/mol. The molecule has 3 rings (SSSR count). The maximum atomic E-state index is 13.2. The topological polar surface area (TPSA) is 116 Å². The smallest absolute Gasteiger partial charge is 0.202 e. The summed E-state index contributed by atoms with van der Waals surface area (Å²) in [7, 11) is 0. The van der Waals surface area contributed by atoms with Crippen molar-refractivity contribution < 1.29 is 19.3 Å². The highest BCUT2D eigenvalue weighted by atomic mass is 79.9. The third kappa shape index (κ3) is 3.49. The van der Waals surface area contributed by atoms with Crippen molar-refractivity contribution in [1.29, 1.82) is 0 Å². The summed E-state index contributed by atoms with van der Waals surface area (Å²) in [5.41, 5.74) is 2.50. The van der Waals surface area contributed by atoms with Gasteiger partial charge >= 0.3 is 0 Å². The molecule has 0 atom stereocenters. The molecular formula is C13H13BrFN5O3. The van der Waals surface area contributed by atoms with Crippen LogP contribution in [0.1, 0.15) is 18.5 Å². The molecule has 23 heavy (non-hydrogen) atoms. The van der Waals surface area contributed by atoms with Gasteiger partial charge in [-0.25, -0.2) is 14.0 Å². The number of aromatic nitrogens is 2. The number of aliphatic hydroxyl groups is 1. The number of nitrogens with one attached hydrogen (secondary N) is 2. The van der Waals surface area contributed by atoms with Crippen LogP contribution >= 0.6 is 15.9 Å². The van der Waals surface area contributed by atoms with Crippen LogP contribution in [0.2, 0.25) is 0 Å². The molecule has 1 heterocycles. The summed E-state index contributed by atoms with van der Waals surface area (Å²) in [6, 6.07) is 4.19. The minimum atomic E-state index is -0.420. The van der Waals surface area contributed by atoms with Gasteiger partial charge in [-0.3, -0.25) is 10.7 Å². The van der Waals surface area contributed by atoms with Crippen LogP contribution in [0, 0.1) is 5.82 Å². The van der Waals surface area contributed by atoms with E-state index in [9.17, 15) is 14.7 Å². The fraction of sp³-hybridized carbons (Fsp3) is 0.308. The molecule has 0 radical (unpaired) electrons. The number of aliphatic imine (C=N–C) groups is 1. The fourth-order valence-corrected chi connectivity index (χ4v) is 2.52. The second kappa shape index (κ2) is 6.60. The van der Waals surface area contributed by atoms with Gasteiger partial charge in [-0.05, 0) is 57.3 Å². The van der Waals surface area contributed by atoms with E-state index in [4.69, 9.17) is 0 Å². The SMILES string of the molecule is ONC(=Nc1ccc(F)c(Br)c1)c1nonc1NC1CC(O)C1. The van der Waals surface area contributed by atoms with E-state index in [-0.39, 0.29) is 28.1 Å². The Kier molecular flexibility index (Phi) is 4.55. The van der Waals surface area contributed by atoms with E-state index in [0.29, 0.717) is 24.3 Å². The van der Waals surface area contributed by atoms with Gasteiger partial charge in [0.25, 0.3) is 0 Å². The van der Waals surface area contributed by atoms with Crippen molar-refractivity contribution in [2.24, 2.45) is 4.99 Å². The van der Waals surface area contributed by atoms with Gasteiger partial charge < -0.3 is 10.4 Å². The Morgan fingerprint density at radius 2 is 2.17 bits per heavy atom. The number of anilines is 1. The minimum absolute atomic E-state index is 0.00729. The largest absolute Gasteiger partial charge is 0.393 e. The number of halogens is 2. The molecule has 0 amide bonds. The molecule has 8 nitrogen and oxygen atoms in total. The minimum Gasteiger partial charge on any atom is -0.393 e.